The number of carbonyl (C=O) groups excluding carboxylic acids is 2. The number of ether oxygens (including phenoxy) is 1. The summed E-state index contributed by atoms with van der Waals surface area (Å²) in [6, 6.07) is 7.95. The molecule has 1 aromatic carbocycles. The third-order valence-electron chi connectivity index (χ3n) is 3.26. The van der Waals surface area contributed by atoms with Crippen LogP contribution in [0, 0.1) is 0 Å². The SMILES string of the molecule is CCC(=O)[C@H](c1ccccc1)N1C(=O)OC[C@H]1CO. The lowest BCUT2D eigenvalue weighted by atomic mass is 9.98. The molecule has 0 spiro atoms. The van der Waals surface area contributed by atoms with Gasteiger partial charge < -0.3 is 9.84 Å². The van der Waals surface area contributed by atoms with Gasteiger partial charge in [0.25, 0.3) is 0 Å². The number of Topliss-reactive ketones (excluding diaryl/α,β-unsaturated/α-hetero) is 1. The van der Waals surface area contributed by atoms with Gasteiger partial charge in [-0.05, 0) is 5.56 Å². The zero-order valence-corrected chi connectivity index (χ0v) is 10.8. The Morgan fingerprint density at radius 2 is 2.16 bits per heavy atom. The molecule has 1 aromatic rings. The highest BCUT2D eigenvalue weighted by atomic mass is 16.6. The van der Waals surface area contributed by atoms with E-state index in [1.165, 1.54) is 4.90 Å². The van der Waals surface area contributed by atoms with Crippen molar-refractivity contribution in [3.05, 3.63) is 35.9 Å². The minimum atomic E-state index is -0.682. The lowest BCUT2D eigenvalue weighted by molar-refractivity contribution is -0.123. The molecule has 1 N–H and O–H groups in total. The van der Waals surface area contributed by atoms with E-state index >= 15 is 0 Å². The Bertz CT molecular complexity index is 460. The van der Waals surface area contributed by atoms with Gasteiger partial charge in [-0.25, -0.2) is 4.79 Å². The number of cyclic esters (lactones) is 1. The molecule has 0 saturated carbocycles. The first kappa shape index (κ1) is 13.5. The summed E-state index contributed by atoms with van der Waals surface area (Å²) in [5, 5.41) is 9.32. The van der Waals surface area contributed by atoms with Gasteiger partial charge in [0.1, 0.15) is 12.6 Å². The molecule has 2 atom stereocenters. The molecule has 1 heterocycles. The predicted octanol–water partition coefficient (Wildman–Crippen LogP) is 1.52. The van der Waals surface area contributed by atoms with E-state index in [0.717, 1.165) is 5.56 Å². The van der Waals surface area contributed by atoms with Crippen molar-refractivity contribution in [2.24, 2.45) is 0 Å². The van der Waals surface area contributed by atoms with Gasteiger partial charge in [0.2, 0.25) is 0 Å². The van der Waals surface area contributed by atoms with Crippen LogP contribution in [0.15, 0.2) is 30.3 Å². The van der Waals surface area contributed by atoms with E-state index in [1.54, 1.807) is 19.1 Å². The molecule has 1 saturated heterocycles. The maximum absolute atomic E-state index is 12.2. The third-order valence-corrected chi connectivity index (χ3v) is 3.26. The minimum absolute atomic E-state index is 0.0662. The van der Waals surface area contributed by atoms with Gasteiger partial charge in [0.15, 0.2) is 5.78 Å². The standard InChI is InChI=1S/C14H17NO4/c1-2-12(17)13(10-6-4-3-5-7-10)15-11(8-16)9-19-14(15)18/h3-7,11,13,16H,2,8-9H2,1H3/t11-,13+/m1/s1. The number of ketones is 1. The van der Waals surface area contributed by atoms with Crippen LogP contribution in [0.1, 0.15) is 24.9 Å². The van der Waals surface area contributed by atoms with Gasteiger partial charge in [-0.1, -0.05) is 37.3 Å². The lowest BCUT2D eigenvalue weighted by Gasteiger charge is -2.28. The van der Waals surface area contributed by atoms with Crippen LogP contribution in [-0.2, 0) is 9.53 Å². The van der Waals surface area contributed by atoms with Crippen molar-refractivity contribution in [1.29, 1.82) is 0 Å². The molecule has 0 aromatic heterocycles. The van der Waals surface area contributed by atoms with Gasteiger partial charge in [0, 0.05) is 6.42 Å². The first-order valence-corrected chi connectivity index (χ1v) is 6.32. The first-order chi connectivity index (χ1) is 9.19. The van der Waals surface area contributed by atoms with Crippen LogP contribution in [0.4, 0.5) is 4.79 Å². The second-order valence-electron chi connectivity index (χ2n) is 4.45. The smallest absolute Gasteiger partial charge is 0.411 e. The number of aliphatic hydroxyl groups excluding tert-OH is 1. The summed E-state index contributed by atoms with van der Waals surface area (Å²) in [6.07, 6.45) is -0.226. The largest absolute Gasteiger partial charge is 0.447 e. The lowest BCUT2D eigenvalue weighted by Crippen LogP contribution is -2.42. The van der Waals surface area contributed by atoms with Crippen LogP contribution in [0.5, 0.6) is 0 Å². The Labute approximate surface area is 111 Å². The molecule has 1 aliphatic rings. The van der Waals surface area contributed by atoms with Gasteiger partial charge in [-0.15, -0.1) is 0 Å². The number of rotatable bonds is 5. The molecular formula is C14H17NO4. The highest BCUT2D eigenvalue weighted by Gasteiger charge is 2.41. The summed E-state index contributed by atoms with van der Waals surface area (Å²) < 4.78 is 4.94. The number of carbonyl (C=O) groups is 2. The average Bonchev–Trinajstić information content (AvgIpc) is 2.81. The Morgan fingerprint density at radius 1 is 1.47 bits per heavy atom. The fourth-order valence-corrected chi connectivity index (χ4v) is 2.26. The second-order valence-corrected chi connectivity index (χ2v) is 4.45. The molecule has 0 bridgehead atoms. The van der Waals surface area contributed by atoms with Crippen LogP contribution >= 0.6 is 0 Å². The van der Waals surface area contributed by atoms with Crippen LogP contribution in [0.3, 0.4) is 0 Å². The van der Waals surface area contributed by atoms with Gasteiger partial charge >= 0.3 is 6.09 Å². The number of nitrogens with zero attached hydrogens (tertiary/aromatic N) is 1. The highest BCUT2D eigenvalue weighted by Crippen LogP contribution is 2.29. The molecule has 1 amide bonds. The fraction of sp³-hybridized carbons (Fsp3) is 0.429. The number of benzene rings is 1. The molecule has 0 aliphatic carbocycles. The number of hydrogen-bond acceptors (Lipinski definition) is 4. The van der Waals surface area contributed by atoms with Crippen molar-refractivity contribution in [1.82, 2.24) is 4.90 Å². The van der Waals surface area contributed by atoms with Crippen LogP contribution in [0.25, 0.3) is 0 Å². The predicted molar refractivity (Wildman–Crippen MR) is 68.5 cm³/mol. The fourth-order valence-electron chi connectivity index (χ4n) is 2.26. The van der Waals surface area contributed by atoms with Crippen molar-refractivity contribution in [3.63, 3.8) is 0 Å². The van der Waals surface area contributed by atoms with Crippen LogP contribution in [-0.4, -0.2) is 41.1 Å². The van der Waals surface area contributed by atoms with E-state index in [1.807, 2.05) is 18.2 Å². The third kappa shape index (κ3) is 2.61. The van der Waals surface area contributed by atoms with Crippen LogP contribution in [0.2, 0.25) is 0 Å². The summed E-state index contributed by atoms with van der Waals surface area (Å²) in [7, 11) is 0. The zero-order chi connectivity index (χ0) is 13.8. The number of amides is 1. The van der Waals surface area contributed by atoms with E-state index in [2.05, 4.69) is 0 Å². The molecule has 102 valence electrons. The average molecular weight is 263 g/mol. The maximum atomic E-state index is 12.2. The molecule has 19 heavy (non-hydrogen) atoms. The van der Waals surface area contributed by atoms with Crippen molar-refractivity contribution < 1.29 is 19.4 Å². The number of aliphatic hydroxyl groups is 1. The van der Waals surface area contributed by atoms with Gasteiger partial charge in [-0.2, -0.15) is 0 Å². The highest BCUT2D eigenvalue weighted by molar-refractivity contribution is 5.89. The molecule has 1 aliphatic heterocycles. The molecule has 5 nitrogen and oxygen atoms in total. The Hall–Kier alpha value is -1.88. The molecule has 0 radical (unpaired) electrons. The van der Waals surface area contributed by atoms with E-state index in [0.29, 0.717) is 6.42 Å². The Kier molecular flexibility index (Phi) is 4.16. The van der Waals surface area contributed by atoms with E-state index in [4.69, 9.17) is 4.74 Å². The van der Waals surface area contributed by atoms with E-state index < -0.39 is 18.2 Å². The van der Waals surface area contributed by atoms with Gasteiger partial charge in [0.05, 0.1) is 12.6 Å². The topological polar surface area (TPSA) is 66.8 Å². The zero-order valence-electron chi connectivity index (χ0n) is 10.8. The second kappa shape index (κ2) is 5.84. The van der Waals surface area contributed by atoms with Crippen molar-refractivity contribution in [2.75, 3.05) is 13.2 Å². The molecule has 2 rings (SSSR count). The molecular weight excluding hydrogens is 246 g/mol. The normalized spacial score (nSPS) is 20.2. The maximum Gasteiger partial charge on any atom is 0.411 e. The monoisotopic (exact) mass is 263 g/mol. The summed E-state index contributed by atoms with van der Waals surface area (Å²) >= 11 is 0. The first-order valence-electron chi connectivity index (χ1n) is 6.32. The molecule has 0 unspecified atom stereocenters. The minimum Gasteiger partial charge on any atom is -0.447 e. The van der Waals surface area contributed by atoms with E-state index in [9.17, 15) is 14.7 Å². The summed E-state index contributed by atoms with van der Waals surface area (Å²) in [6.45, 7) is 1.66. The number of hydrogen-bond donors (Lipinski definition) is 1. The van der Waals surface area contributed by atoms with Gasteiger partial charge in [-0.3, -0.25) is 9.69 Å². The Balaban J connectivity index is 2.38. The summed E-state index contributed by atoms with van der Waals surface area (Å²) in [5.74, 6) is -0.0662. The van der Waals surface area contributed by atoms with Crippen molar-refractivity contribution >= 4 is 11.9 Å². The van der Waals surface area contributed by atoms with E-state index in [-0.39, 0.29) is 19.0 Å². The summed E-state index contributed by atoms with van der Waals surface area (Å²) in [5.41, 5.74) is 0.742. The molecule has 5 heteroatoms. The van der Waals surface area contributed by atoms with Crippen LogP contribution < -0.4 is 0 Å². The molecule has 1 fully saturated rings. The quantitative estimate of drug-likeness (QED) is 0.874. The summed E-state index contributed by atoms with van der Waals surface area (Å²) in [4.78, 5) is 25.3. The van der Waals surface area contributed by atoms with Crippen molar-refractivity contribution in [3.8, 4) is 0 Å². The van der Waals surface area contributed by atoms with Crippen molar-refractivity contribution in [2.45, 2.75) is 25.4 Å². The Morgan fingerprint density at radius 3 is 2.74 bits per heavy atom.